The first-order valence-corrected chi connectivity index (χ1v) is 9.98. The van der Waals surface area contributed by atoms with Gasteiger partial charge in [-0.15, -0.1) is 0 Å². The summed E-state index contributed by atoms with van der Waals surface area (Å²) in [5.41, 5.74) is 2.57. The smallest absolute Gasteiger partial charge is 0.321 e. The van der Waals surface area contributed by atoms with E-state index in [0.717, 1.165) is 30.9 Å². The Labute approximate surface area is 156 Å². The number of halogens is 1. The van der Waals surface area contributed by atoms with E-state index in [-0.39, 0.29) is 6.03 Å². The number of nitrogens with one attached hydrogen (secondary N) is 1. The molecular formula is C19H23FN4OS. The number of likely N-dealkylation sites (tertiary alicyclic amines) is 1. The van der Waals surface area contributed by atoms with Gasteiger partial charge in [0.2, 0.25) is 0 Å². The number of hydrogen-bond donors (Lipinski definition) is 1. The van der Waals surface area contributed by atoms with Gasteiger partial charge in [0, 0.05) is 35.0 Å². The highest BCUT2D eigenvalue weighted by Crippen LogP contribution is 2.38. The van der Waals surface area contributed by atoms with Gasteiger partial charge in [0.05, 0.1) is 5.69 Å². The summed E-state index contributed by atoms with van der Waals surface area (Å²) in [5, 5.41) is 8.39. The minimum Gasteiger partial charge on any atom is -0.323 e. The van der Waals surface area contributed by atoms with Crippen LogP contribution in [0.3, 0.4) is 0 Å². The third kappa shape index (κ3) is 3.45. The van der Waals surface area contributed by atoms with Crippen LogP contribution in [0.2, 0.25) is 0 Å². The maximum atomic E-state index is 14.6. The molecule has 2 fully saturated rings. The Bertz CT molecular complexity index is 837. The summed E-state index contributed by atoms with van der Waals surface area (Å²) in [6, 6.07) is 6.51. The quantitative estimate of drug-likeness (QED) is 0.860. The Kier molecular flexibility index (Phi) is 4.65. The highest BCUT2D eigenvalue weighted by atomic mass is 32.2. The minimum absolute atomic E-state index is 0.142. The van der Waals surface area contributed by atoms with E-state index in [2.05, 4.69) is 10.4 Å². The highest BCUT2D eigenvalue weighted by Gasteiger charge is 2.32. The monoisotopic (exact) mass is 374 g/mol. The van der Waals surface area contributed by atoms with Gasteiger partial charge in [-0.2, -0.15) is 16.9 Å². The number of fused-ring (bicyclic) bond motifs is 2. The number of hydrogen-bond acceptors (Lipinski definition) is 3. The van der Waals surface area contributed by atoms with Gasteiger partial charge in [0.15, 0.2) is 5.82 Å². The summed E-state index contributed by atoms with van der Waals surface area (Å²) in [6.07, 6.45) is 3.49. The highest BCUT2D eigenvalue weighted by molar-refractivity contribution is 8.00. The van der Waals surface area contributed by atoms with Crippen molar-refractivity contribution in [3.63, 3.8) is 0 Å². The number of carbonyl (C=O) groups is 1. The van der Waals surface area contributed by atoms with E-state index in [9.17, 15) is 9.18 Å². The molecular weight excluding hydrogens is 351 g/mol. The third-order valence-electron chi connectivity index (χ3n) is 5.06. The van der Waals surface area contributed by atoms with Crippen molar-refractivity contribution in [2.45, 2.75) is 43.6 Å². The van der Waals surface area contributed by atoms with Crippen LogP contribution in [0.25, 0.3) is 5.69 Å². The average Bonchev–Trinajstić information content (AvgIpc) is 3.08. The molecule has 0 radical (unpaired) electrons. The van der Waals surface area contributed by atoms with Crippen molar-refractivity contribution in [1.29, 1.82) is 0 Å². The van der Waals surface area contributed by atoms with Gasteiger partial charge in [0.1, 0.15) is 5.69 Å². The summed E-state index contributed by atoms with van der Waals surface area (Å²) in [5.74, 6) is -0.403. The van der Waals surface area contributed by atoms with E-state index < -0.39 is 5.82 Å². The number of aromatic nitrogens is 2. The fraction of sp³-hybridized carbons (Fsp3) is 0.474. The molecule has 1 aromatic carbocycles. The zero-order valence-corrected chi connectivity index (χ0v) is 15.9. The molecule has 3 heterocycles. The van der Waals surface area contributed by atoms with Gasteiger partial charge in [-0.25, -0.2) is 13.9 Å². The van der Waals surface area contributed by atoms with E-state index in [1.165, 1.54) is 18.9 Å². The molecule has 138 valence electrons. The van der Waals surface area contributed by atoms with Gasteiger partial charge < -0.3 is 10.2 Å². The normalized spacial score (nSPS) is 22.3. The van der Waals surface area contributed by atoms with Crippen molar-refractivity contribution < 1.29 is 9.18 Å². The number of carbonyl (C=O) groups excluding carboxylic acids is 1. The SMILES string of the molecule is Cc1cc(C)n(-c2ccc(NC(=O)N3CCC4CCC(C3)S4)cc2F)n1. The number of urea groups is 1. The minimum atomic E-state index is -0.403. The summed E-state index contributed by atoms with van der Waals surface area (Å²) >= 11 is 2.01. The number of amides is 2. The fourth-order valence-corrected chi connectivity index (χ4v) is 5.38. The number of nitrogens with zero attached hydrogens (tertiary/aromatic N) is 3. The molecule has 26 heavy (non-hydrogen) atoms. The Hall–Kier alpha value is -2.02. The van der Waals surface area contributed by atoms with Crippen LogP contribution in [0, 0.1) is 19.7 Å². The first-order chi connectivity index (χ1) is 12.5. The second kappa shape index (κ2) is 6.95. The van der Waals surface area contributed by atoms with Crippen LogP contribution in [-0.2, 0) is 0 Å². The number of anilines is 1. The maximum Gasteiger partial charge on any atom is 0.321 e. The predicted octanol–water partition coefficient (Wildman–Crippen LogP) is 4.13. The van der Waals surface area contributed by atoms with Crippen molar-refractivity contribution in [2.24, 2.45) is 0 Å². The van der Waals surface area contributed by atoms with Crippen LogP contribution in [0.4, 0.5) is 14.9 Å². The summed E-state index contributed by atoms with van der Waals surface area (Å²) < 4.78 is 16.2. The van der Waals surface area contributed by atoms with E-state index in [4.69, 9.17) is 0 Å². The molecule has 2 atom stereocenters. The van der Waals surface area contributed by atoms with Crippen LogP contribution in [0.5, 0.6) is 0 Å². The first kappa shape index (κ1) is 17.4. The van der Waals surface area contributed by atoms with Crippen molar-refractivity contribution in [1.82, 2.24) is 14.7 Å². The number of rotatable bonds is 2. The number of benzene rings is 1. The number of aryl methyl sites for hydroxylation is 2. The topological polar surface area (TPSA) is 50.2 Å². The zero-order chi connectivity index (χ0) is 18.3. The molecule has 2 bridgehead atoms. The molecule has 5 nitrogen and oxygen atoms in total. The van der Waals surface area contributed by atoms with Crippen LogP contribution < -0.4 is 5.32 Å². The summed E-state index contributed by atoms with van der Waals surface area (Å²) in [7, 11) is 0. The Balaban J connectivity index is 1.47. The van der Waals surface area contributed by atoms with Crippen LogP contribution in [0.15, 0.2) is 24.3 Å². The third-order valence-corrected chi connectivity index (χ3v) is 6.69. The molecule has 7 heteroatoms. The molecule has 2 amide bonds. The van der Waals surface area contributed by atoms with Gasteiger partial charge in [-0.05, 0) is 57.4 Å². The van der Waals surface area contributed by atoms with Gasteiger partial charge >= 0.3 is 6.03 Å². The second-order valence-electron chi connectivity index (χ2n) is 7.13. The lowest BCUT2D eigenvalue weighted by Crippen LogP contribution is -2.39. The Morgan fingerprint density at radius 3 is 2.77 bits per heavy atom. The standard InChI is InChI=1S/C19H23FN4OS/c1-12-9-13(2)24(22-12)18-6-3-14(10-17(18)20)21-19(25)23-8-7-15-4-5-16(11-23)26-15/h3,6,9-10,15-16H,4-5,7-8,11H2,1-2H3,(H,21,25). The molecule has 0 spiro atoms. The molecule has 4 rings (SSSR count). The molecule has 2 saturated heterocycles. The zero-order valence-electron chi connectivity index (χ0n) is 15.0. The Morgan fingerprint density at radius 1 is 1.23 bits per heavy atom. The Morgan fingerprint density at radius 2 is 2.04 bits per heavy atom. The van der Waals surface area contributed by atoms with Gasteiger partial charge in [-0.3, -0.25) is 0 Å². The molecule has 0 aliphatic carbocycles. The molecule has 1 N–H and O–H groups in total. The van der Waals surface area contributed by atoms with Crippen LogP contribution in [-0.4, -0.2) is 44.3 Å². The van der Waals surface area contributed by atoms with E-state index >= 15 is 0 Å². The van der Waals surface area contributed by atoms with E-state index in [1.807, 2.05) is 36.6 Å². The van der Waals surface area contributed by atoms with E-state index in [1.54, 1.807) is 16.8 Å². The molecule has 2 unspecified atom stereocenters. The molecule has 1 aromatic heterocycles. The predicted molar refractivity (Wildman–Crippen MR) is 103 cm³/mol. The van der Waals surface area contributed by atoms with Crippen molar-refractivity contribution in [3.8, 4) is 5.69 Å². The van der Waals surface area contributed by atoms with E-state index in [0.29, 0.717) is 21.9 Å². The first-order valence-electron chi connectivity index (χ1n) is 9.04. The maximum absolute atomic E-state index is 14.6. The van der Waals surface area contributed by atoms with Crippen molar-refractivity contribution in [2.75, 3.05) is 18.4 Å². The van der Waals surface area contributed by atoms with Crippen LogP contribution in [0.1, 0.15) is 30.7 Å². The van der Waals surface area contributed by atoms with Gasteiger partial charge in [-0.1, -0.05) is 0 Å². The van der Waals surface area contributed by atoms with Gasteiger partial charge in [0.25, 0.3) is 0 Å². The summed E-state index contributed by atoms with van der Waals surface area (Å²) in [4.78, 5) is 14.5. The van der Waals surface area contributed by atoms with Crippen LogP contribution >= 0.6 is 11.8 Å². The largest absolute Gasteiger partial charge is 0.323 e. The van der Waals surface area contributed by atoms with Crippen molar-refractivity contribution in [3.05, 3.63) is 41.5 Å². The molecule has 2 aromatic rings. The molecule has 2 aliphatic rings. The lowest BCUT2D eigenvalue weighted by Gasteiger charge is -2.24. The molecule has 0 saturated carbocycles. The second-order valence-corrected chi connectivity index (χ2v) is 8.73. The molecule has 2 aliphatic heterocycles. The lowest BCUT2D eigenvalue weighted by molar-refractivity contribution is 0.209. The lowest BCUT2D eigenvalue weighted by atomic mass is 10.1. The van der Waals surface area contributed by atoms with Crippen molar-refractivity contribution >= 4 is 23.5 Å². The summed E-state index contributed by atoms with van der Waals surface area (Å²) in [6.45, 7) is 5.31. The fourth-order valence-electron chi connectivity index (χ4n) is 3.78. The average molecular weight is 374 g/mol. The number of thioether (sulfide) groups is 1.